The molecule has 2 N–H and O–H groups in total. The van der Waals surface area contributed by atoms with Crippen LogP contribution in [0.4, 0.5) is 5.13 Å². The van der Waals surface area contributed by atoms with E-state index in [0.717, 1.165) is 23.6 Å². The van der Waals surface area contributed by atoms with Gasteiger partial charge in [-0.05, 0) is 19.9 Å². The van der Waals surface area contributed by atoms with E-state index >= 15 is 0 Å². The van der Waals surface area contributed by atoms with E-state index in [-0.39, 0.29) is 5.78 Å². The Kier molecular flexibility index (Phi) is 3.76. The molecular weight excluding hydrogens is 248 g/mol. The van der Waals surface area contributed by atoms with E-state index in [4.69, 9.17) is 5.73 Å². The maximum Gasteiger partial charge on any atom is 0.180 e. The van der Waals surface area contributed by atoms with Crippen molar-refractivity contribution in [3.63, 3.8) is 0 Å². The van der Waals surface area contributed by atoms with Crippen LogP contribution in [-0.2, 0) is 24.2 Å². The molecule has 96 valence electrons. The zero-order chi connectivity index (χ0) is 13.1. The zero-order valence-corrected chi connectivity index (χ0v) is 11.3. The third-order valence-electron chi connectivity index (χ3n) is 2.61. The molecule has 0 spiro atoms. The third-order valence-corrected chi connectivity index (χ3v) is 3.33. The second-order valence-corrected chi connectivity index (χ2v) is 5.05. The Labute approximate surface area is 110 Å². The zero-order valence-electron chi connectivity index (χ0n) is 10.5. The van der Waals surface area contributed by atoms with Gasteiger partial charge < -0.3 is 5.73 Å². The summed E-state index contributed by atoms with van der Waals surface area (Å²) in [4.78, 5) is 16.0. The summed E-state index contributed by atoms with van der Waals surface area (Å²) in [6, 6.07) is 1.96. The van der Waals surface area contributed by atoms with Gasteiger partial charge in [-0.1, -0.05) is 0 Å². The van der Waals surface area contributed by atoms with Crippen LogP contribution in [0.2, 0.25) is 0 Å². The first-order valence-corrected chi connectivity index (χ1v) is 6.71. The van der Waals surface area contributed by atoms with Crippen molar-refractivity contribution < 1.29 is 4.79 Å². The Balaban J connectivity index is 2.02. The molecule has 0 saturated carbocycles. The van der Waals surface area contributed by atoms with Crippen LogP contribution in [0.5, 0.6) is 0 Å². The summed E-state index contributed by atoms with van der Waals surface area (Å²) in [5, 5.41) is 6.66. The van der Waals surface area contributed by atoms with Crippen molar-refractivity contribution in [3.8, 4) is 0 Å². The largest absolute Gasteiger partial charge is 0.375 e. The van der Waals surface area contributed by atoms with E-state index in [1.165, 1.54) is 11.3 Å². The number of aromatic nitrogens is 3. The molecule has 0 atom stereocenters. The number of rotatable bonds is 5. The van der Waals surface area contributed by atoms with Gasteiger partial charge in [0.2, 0.25) is 0 Å². The molecule has 6 heteroatoms. The summed E-state index contributed by atoms with van der Waals surface area (Å²) >= 11 is 1.36. The number of aryl methyl sites for hydroxylation is 2. The average Bonchev–Trinajstić information content (AvgIpc) is 2.85. The molecule has 0 radical (unpaired) electrons. The number of carbonyl (C=O) groups is 1. The molecule has 0 amide bonds. The molecule has 2 heterocycles. The number of anilines is 1. The van der Waals surface area contributed by atoms with Crippen molar-refractivity contribution in [1.29, 1.82) is 0 Å². The minimum atomic E-state index is 0.134. The lowest BCUT2D eigenvalue weighted by molar-refractivity contribution is -0.117. The summed E-state index contributed by atoms with van der Waals surface area (Å²) in [6.07, 6.45) is 0.730. The van der Waals surface area contributed by atoms with Gasteiger partial charge in [0.1, 0.15) is 5.78 Å². The Morgan fingerprint density at radius 3 is 2.89 bits per heavy atom. The van der Waals surface area contributed by atoms with Crippen molar-refractivity contribution in [1.82, 2.24) is 14.8 Å². The second kappa shape index (κ2) is 5.30. The molecule has 0 aliphatic carbocycles. The Morgan fingerprint density at radius 2 is 2.28 bits per heavy atom. The molecule has 18 heavy (non-hydrogen) atoms. The van der Waals surface area contributed by atoms with Gasteiger partial charge in [-0.3, -0.25) is 9.48 Å². The Hall–Kier alpha value is -1.69. The summed E-state index contributed by atoms with van der Waals surface area (Å²) in [5.41, 5.74) is 8.19. The highest BCUT2D eigenvalue weighted by atomic mass is 32.1. The van der Waals surface area contributed by atoms with Crippen molar-refractivity contribution in [3.05, 3.63) is 28.5 Å². The first kappa shape index (κ1) is 12.8. The first-order chi connectivity index (χ1) is 8.58. The number of thiazole rings is 1. The van der Waals surface area contributed by atoms with Crippen LogP contribution < -0.4 is 5.73 Å². The summed E-state index contributed by atoms with van der Waals surface area (Å²) in [6.45, 7) is 4.73. The minimum Gasteiger partial charge on any atom is -0.375 e. The summed E-state index contributed by atoms with van der Waals surface area (Å²) in [7, 11) is 0. The SMILES string of the molecule is CCn1nc(C)cc1CC(=O)Cc1csc(N)n1. The number of hydrogen-bond acceptors (Lipinski definition) is 5. The molecule has 2 aromatic heterocycles. The maximum absolute atomic E-state index is 12.0. The van der Waals surface area contributed by atoms with E-state index in [2.05, 4.69) is 10.1 Å². The number of nitrogen functional groups attached to an aromatic ring is 1. The first-order valence-electron chi connectivity index (χ1n) is 5.83. The standard InChI is InChI=1S/C12H16N4OS/c1-3-16-10(4-8(2)15-16)6-11(17)5-9-7-18-12(13)14-9/h4,7H,3,5-6H2,1-2H3,(H2,13,14). The second-order valence-electron chi connectivity index (χ2n) is 4.16. The summed E-state index contributed by atoms with van der Waals surface area (Å²) in [5.74, 6) is 0.134. The monoisotopic (exact) mass is 264 g/mol. The summed E-state index contributed by atoms with van der Waals surface area (Å²) < 4.78 is 1.86. The predicted molar refractivity (Wildman–Crippen MR) is 71.6 cm³/mol. The van der Waals surface area contributed by atoms with E-state index in [1.54, 1.807) is 0 Å². The highest BCUT2D eigenvalue weighted by Crippen LogP contribution is 2.13. The fraction of sp³-hybridized carbons (Fsp3) is 0.417. The highest BCUT2D eigenvalue weighted by Gasteiger charge is 2.11. The lowest BCUT2D eigenvalue weighted by Crippen LogP contribution is -2.11. The number of Topliss-reactive ketones (excluding diaryl/α,β-unsaturated/α-hetero) is 1. The Bertz CT molecular complexity index is 558. The van der Waals surface area contributed by atoms with Crippen LogP contribution in [0, 0.1) is 6.92 Å². The number of nitrogens with zero attached hydrogens (tertiary/aromatic N) is 3. The maximum atomic E-state index is 12.0. The van der Waals surface area contributed by atoms with Gasteiger partial charge >= 0.3 is 0 Å². The van der Waals surface area contributed by atoms with Crippen LogP contribution in [0.15, 0.2) is 11.4 Å². The molecule has 0 aromatic carbocycles. The predicted octanol–water partition coefficient (Wildman–Crippen LogP) is 1.60. The van der Waals surface area contributed by atoms with Gasteiger partial charge in [-0.25, -0.2) is 4.98 Å². The van der Waals surface area contributed by atoms with Gasteiger partial charge in [-0.15, -0.1) is 11.3 Å². The molecule has 0 aliphatic rings. The fourth-order valence-corrected chi connectivity index (χ4v) is 2.45. The smallest absolute Gasteiger partial charge is 0.180 e. The third kappa shape index (κ3) is 2.95. The van der Waals surface area contributed by atoms with Crippen LogP contribution >= 0.6 is 11.3 Å². The molecule has 0 fully saturated rings. The van der Waals surface area contributed by atoms with E-state index in [9.17, 15) is 4.79 Å². The van der Waals surface area contributed by atoms with Gasteiger partial charge in [0.25, 0.3) is 0 Å². The van der Waals surface area contributed by atoms with Crippen molar-refractivity contribution in [2.75, 3.05) is 5.73 Å². The van der Waals surface area contributed by atoms with Crippen LogP contribution in [0.3, 0.4) is 0 Å². The number of ketones is 1. The van der Waals surface area contributed by atoms with Gasteiger partial charge in [0, 0.05) is 24.0 Å². The van der Waals surface area contributed by atoms with Crippen molar-refractivity contribution >= 4 is 22.3 Å². The lowest BCUT2D eigenvalue weighted by atomic mass is 10.1. The Morgan fingerprint density at radius 1 is 1.50 bits per heavy atom. The molecule has 0 aliphatic heterocycles. The normalized spacial score (nSPS) is 10.8. The quantitative estimate of drug-likeness (QED) is 0.890. The van der Waals surface area contributed by atoms with Crippen LogP contribution in [0.1, 0.15) is 24.0 Å². The molecule has 0 bridgehead atoms. The molecule has 0 unspecified atom stereocenters. The van der Waals surface area contributed by atoms with Crippen molar-refractivity contribution in [2.24, 2.45) is 0 Å². The highest BCUT2D eigenvalue weighted by molar-refractivity contribution is 7.13. The lowest BCUT2D eigenvalue weighted by Gasteiger charge is -2.03. The number of hydrogen-bond donors (Lipinski definition) is 1. The molecule has 2 aromatic rings. The topological polar surface area (TPSA) is 73.8 Å². The van der Waals surface area contributed by atoms with E-state index in [0.29, 0.717) is 18.0 Å². The average molecular weight is 264 g/mol. The molecule has 2 rings (SSSR count). The van der Waals surface area contributed by atoms with Crippen LogP contribution in [0.25, 0.3) is 0 Å². The number of carbonyl (C=O) groups excluding carboxylic acids is 1. The minimum absolute atomic E-state index is 0.134. The fourth-order valence-electron chi connectivity index (χ4n) is 1.89. The molecular formula is C12H16N4OS. The number of nitrogens with two attached hydrogens (primary N) is 1. The van der Waals surface area contributed by atoms with Gasteiger partial charge in [0.15, 0.2) is 5.13 Å². The van der Waals surface area contributed by atoms with Crippen molar-refractivity contribution in [2.45, 2.75) is 33.2 Å². The molecule has 0 saturated heterocycles. The van der Waals surface area contributed by atoms with E-state index in [1.807, 2.05) is 30.0 Å². The molecule has 5 nitrogen and oxygen atoms in total. The van der Waals surface area contributed by atoms with E-state index < -0.39 is 0 Å². The van der Waals surface area contributed by atoms with Crippen LogP contribution in [-0.4, -0.2) is 20.5 Å². The van der Waals surface area contributed by atoms with Gasteiger partial charge in [-0.2, -0.15) is 5.10 Å². The van der Waals surface area contributed by atoms with Gasteiger partial charge in [0.05, 0.1) is 17.8 Å².